The molecule has 2 aliphatic heterocycles. The molecule has 2 amide bonds. The van der Waals surface area contributed by atoms with Crippen molar-refractivity contribution < 1.29 is 14.3 Å². The molecule has 5 nitrogen and oxygen atoms in total. The van der Waals surface area contributed by atoms with E-state index in [0.717, 1.165) is 50.8 Å². The lowest BCUT2D eigenvalue weighted by Gasteiger charge is -2.33. The van der Waals surface area contributed by atoms with Crippen molar-refractivity contribution in [2.75, 3.05) is 26.7 Å². The molecule has 2 fully saturated rings. The van der Waals surface area contributed by atoms with Crippen LogP contribution in [0.2, 0.25) is 0 Å². The number of benzene rings is 1. The van der Waals surface area contributed by atoms with Gasteiger partial charge in [0.1, 0.15) is 6.10 Å². The maximum atomic E-state index is 12.4. The van der Waals surface area contributed by atoms with Crippen LogP contribution < -0.4 is 0 Å². The van der Waals surface area contributed by atoms with Crippen LogP contribution in [0.3, 0.4) is 0 Å². The fourth-order valence-corrected chi connectivity index (χ4v) is 3.88. The van der Waals surface area contributed by atoms with Crippen LogP contribution in [-0.2, 0) is 20.9 Å². The molecule has 0 bridgehead atoms. The average molecular weight is 358 g/mol. The highest BCUT2D eigenvalue weighted by Crippen LogP contribution is 2.24. The molecule has 0 aliphatic carbocycles. The zero-order valence-electron chi connectivity index (χ0n) is 15.7. The largest absolute Gasteiger partial charge is 0.368 e. The van der Waals surface area contributed by atoms with Crippen molar-refractivity contribution in [1.29, 1.82) is 0 Å². The van der Waals surface area contributed by atoms with E-state index >= 15 is 0 Å². The van der Waals surface area contributed by atoms with E-state index in [1.807, 2.05) is 47.2 Å². The Morgan fingerprint density at radius 1 is 1.15 bits per heavy atom. The predicted molar refractivity (Wildman–Crippen MR) is 100 cm³/mol. The first kappa shape index (κ1) is 18.9. The van der Waals surface area contributed by atoms with Crippen LogP contribution in [0.5, 0.6) is 0 Å². The third-order valence-electron chi connectivity index (χ3n) is 5.59. The second kappa shape index (κ2) is 9.17. The fourth-order valence-electron chi connectivity index (χ4n) is 3.88. The molecule has 1 unspecified atom stereocenters. The van der Waals surface area contributed by atoms with Crippen LogP contribution in [-0.4, -0.2) is 54.5 Å². The summed E-state index contributed by atoms with van der Waals surface area (Å²) in [7, 11) is 1.87. The first-order valence-electron chi connectivity index (χ1n) is 9.82. The number of carbonyl (C=O) groups excluding carboxylic acids is 2. The van der Waals surface area contributed by atoms with Gasteiger partial charge in [-0.2, -0.15) is 0 Å². The number of nitrogens with zero attached hydrogens (tertiary/aromatic N) is 2. The Bertz CT molecular complexity index is 591. The van der Waals surface area contributed by atoms with E-state index < -0.39 is 0 Å². The molecule has 0 radical (unpaired) electrons. The molecule has 0 N–H and O–H groups in total. The molecule has 2 saturated heterocycles. The molecule has 0 spiro atoms. The van der Waals surface area contributed by atoms with Crippen molar-refractivity contribution in [3.8, 4) is 0 Å². The SMILES string of the molecule is CN(Cc1ccccc1)C(=O)CCC1CCN(C(=O)C2CCCO2)CC1. The Kier molecular flexibility index (Phi) is 6.67. The topological polar surface area (TPSA) is 49.9 Å². The van der Waals surface area contributed by atoms with Crippen molar-refractivity contribution in [1.82, 2.24) is 9.80 Å². The Morgan fingerprint density at radius 2 is 1.88 bits per heavy atom. The summed E-state index contributed by atoms with van der Waals surface area (Å²) in [6.45, 7) is 2.98. The number of ether oxygens (including phenoxy) is 1. The van der Waals surface area contributed by atoms with Crippen molar-refractivity contribution in [2.45, 2.75) is 51.2 Å². The average Bonchev–Trinajstić information content (AvgIpc) is 3.21. The van der Waals surface area contributed by atoms with Gasteiger partial charge in [0.25, 0.3) is 5.91 Å². The molecule has 1 atom stereocenters. The molecule has 5 heteroatoms. The van der Waals surface area contributed by atoms with Gasteiger partial charge in [-0.05, 0) is 43.6 Å². The highest BCUT2D eigenvalue weighted by atomic mass is 16.5. The zero-order chi connectivity index (χ0) is 18.4. The van der Waals surface area contributed by atoms with Crippen molar-refractivity contribution in [2.24, 2.45) is 5.92 Å². The van der Waals surface area contributed by atoms with Gasteiger partial charge in [0.2, 0.25) is 5.91 Å². The summed E-state index contributed by atoms with van der Waals surface area (Å²) in [6, 6.07) is 10.1. The van der Waals surface area contributed by atoms with Gasteiger partial charge >= 0.3 is 0 Å². The van der Waals surface area contributed by atoms with Gasteiger partial charge in [0.05, 0.1) is 0 Å². The lowest BCUT2D eigenvalue weighted by atomic mass is 9.91. The van der Waals surface area contributed by atoms with Crippen molar-refractivity contribution >= 4 is 11.8 Å². The van der Waals surface area contributed by atoms with Gasteiger partial charge in [0, 0.05) is 39.7 Å². The first-order valence-corrected chi connectivity index (χ1v) is 9.82. The summed E-state index contributed by atoms with van der Waals surface area (Å²) in [5.41, 5.74) is 1.16. The summed E-state index contributed by atoms with van der Waals surface area (Å²) in [4.78, 5) is 28.5. The Morgan fingerprint density at radius 3 is 2.54 bits per heavy atom. The van der Waals surface area contributed by atoms with E-state index in [1.165, 1.54) is 0 Å². The maximum absolute atomic E-state index is 12.4. The van der Waals surface area contributed by atoms with E-state index in [1.54, 1.807) is 0 Å². The van der Waals surface area contributed by atoms with Crippen LogP contribution in [0.15, 0.2) is 30.3 Å². The minimum absolute atomic E-state index is 0.166. The van der Waals surface area contributed by atoms with E-state index in [2.05, 4.69) is 0 Å². The highest BCUT2D eigenvalue weighted by Gasteiger charge is 2.30. The van der Waals surface area contributed by atoms with E-state index in [-0.39, 0.29) is 17.9 Å². The maximum Gasteiger partial charge on any atom is 0.251 e. The number of piperidine rings is 1. The number of hydrogen-bond acceptors (Lipinski definition) is 3. The van der Waals surface area contributed by atoms with Gasteiger partial charge in [0.15, 0.2) is 0 Å². The molecule has 3 rings (SSSR count). The highest BCUT2D eigenvalue weighted by molar-refractivity contribution is 5.81. The van der Waals surface area contributed by atoms with Gasteiger partial charge in [-0.25, -0.2) is 0 Å². The Balaban J connectivity index is 1.36. The van der Waals surface area contributed by atoms with E-state index in [9.17, 15) is 9.59 Å². The molecule has 2 heterocycles. The number of carbonyl (C=O) groups is 2. The van der Waals surface area contributed by atoms with Crippen LogP contribution in [0.4, 0.5) is 0 Å². The monoisotopic (exact) mass is 358 g/mol. The van der Waals surface area contributed by atoms with Gasteiger partial charge < -0.3 is 14.5 Å². The number of hydrogen-bond donors (Lipinski definition) is 0. The lowest BCUT2D eigenvalue weighted by Crippen LogP contribution is -2.43. The molecule has 142 valence electrons. The first-order chi connectivity index (χ1) is 12.6. The molecule has 0 aromatic heterocycles. The van der Waals surface area contributed by atoms with Gasteiger partial charge in [-0.3, -0.25) is 9.59 Å². The normalized spacial score (nSPS) is 21.0. The summed E-state index contributed by atoms with van der Waals surface area (Å²) >= 11 is 0. The second-order valence-corrected chi connectivity index (χ2v) is 7.54. The molecule has 1 aromatic rings. The third kappa shape index (κ3) is 5.07. The van der Waals surface area contributed by atoms with Crippen LogP contribution in [0.25, 0.3) is 0 Å². The molecule has 1 aromatic carbocycles. The summed E-state index contributed by atoms with van der Waals surface area (Å²) in [5, 5.41) is 0. The second-order valence-electron chi connectivity index (χ2n) is 7.54. The van der Waals surface area contributed by atoms with Gasteiger partial charge in [-0.1, -0.05) is 30.3 Å². The van der Waals surface area contributed by atoms with Crippen LogP contribution in [0.1, 0.15) is 44.1 Å². The van der Waals surface area contributed by atoms with Crippen molar-refractivity contribution in [3.63, 3.8) is 0 Å². The van der Waals surface area contributed by atoms with Crippen LogP contribution in [0, 0.1) is 5.92 Å². The number of likely N-dealkylation sites (tertiary alicyclic amines) is 1. The Hall–Kier alpha value is -1.88. The quantitative estimate of drug-likeness (QED) is 0.786. The fraction of sp³-hybridized carbons (Fsp3) is 0.619. The molecule has 2 aliphatic rings. The molecule has 26 heavy (non-hydrogen) atoms. The predicted octanol–water partition coefficient (Wildman–Crippen LogP) is 2.84. The summed E-state index contributed by atoms with van der Waals surface area (Å²) in [6.07, 6.45) is 5.14. The third-order valence-corrected chi connectivity index (χ3v) is 5.59. The van der Waals surface area contributed by atoms with E-state index in [0.29, 0.717) is 25.5 Å². The molecular weight excluding hydrogens is 328 g/mol. The minimum Gasteiger partial charge on any atom is -0.368 e. The smallest absolute Gasteiger partial charge is 0.251 e. The summed E-state index contributed by atoms with van der Waals surface area (Å²) in [5.74, 6) is 0.906. The Labute approximate surface area is 156 Å². The van der Waals surface area contributed by atoms with Crippen molar-refractivity contribution in [3.05, 3.63) is 35.9 Å². The van der Waals surface area contributed by atoms with Crippen LogP contribution >= 0.6 is 0 Å². The number of rotatable bonds is 6. The summed E-state index contributed by atoms with van der Waals surface area (Å²) < 4.78 is 5.51. The minimum atomic E-state index is -0.209. The molecular formula is C21H30N2O3. The standard InChI is InChI=1S/C21H30N2O3/c1-22(16-18-6-3-2-4-7-18)20(24)10-9-17-11-13-23(14-12-17)21(25)19-8-5-15-26-19/h2-4,6-7,17,19H,5,8-16H2,1H3. The van der Waals surface area contributed by atoms with Gasteiger partial charge in [-0.15, -0.1) is 0 Å². The van der Waals surface area contributed by atoms with E-state index in [4.69, 9.17) is 4.74 Å². The number of amides is 2. The molecule has 0 saturated carbocycles. The lowest BCUT2D eigenvalue weighted by molar-refractivity contribution is -0.142. The zero-order valence-corrected chi connectivity index (χ0v) is 15.7.